The Kier molecular flexibility index (Phi) is 5.58. The molecule has 1 aromatic heterocycles. The van der Waals surface area contributed by atoms with E-state index >= 15 is 0 Å². The van der Waals surface area contributed by atoms with Gasteiger partial charge in [0.05, 0.1) is 18.3 Å². The van der Waals surface area contributed by atoms with Crippen LogP contribution in [-0.2, 0) is 13.0 Å². The highest BCUT2D eigenvalue weighted by Crippen LogP contribution is 2.37. The summed E-state index contributed by atoms with van der Waals surface area (Å²) in [4.78, 5) is 15.6. The van der Waals surface area contributed by atoms with Gasteiger partial charge in [0.25, 0.3) is 0 Å². The van der Waals surface area contributed by atoms with Crippen LogP contribution in [0.1, 0.15) is 35.3 Å². The molecule has 3 aromatic carbocycles. The van der Waals surface area contributed by atoms with Gasteiger partial charge in [0.15, 0.2) is 0 Å². The zero-order chi connectivity index (χ0) is 22.1. The zero-order valence-corrected chi connectivity index (χ0v) is 19.4. The number of urea groups is 1. The van der Waals surface area contributed by atoms with E-state index in [1.165, 1.54) is 5.56 Å². The molecule has 1 aliphatic rings. The van der Waals surface area contributed by atoms with Crippen LogP contribution in [-0.4, -0.2) is 15.5 Å². The minimum atomic E-state index is -0.213. The van der Waals surface area contributed by atoms with Crippen LogP contribution >= 0.6 is 15.9 Å². The highest BCUT2D eigenvalue weighted by Gasteiger charge is 2.33. The molecule has 32 heavy (non-hydrogen) atoms. The number of anilines is 1. The molecule has 1 N–H and O–H groups in total. The summed E-state index contributed by atoms with van der Waals surface area (Å²) < 4.78 is 3.14. The molecule has 1 atom stereocenters. The molecule has 1 aliphatic heterocycles. The van der Waals surface area contributed by atoms with Gasteiger partial charge in [-0.2, -0.15) is 0 Å². The largest absolute Gasteiger partial charge is 0.322 e. The number of nitrogens with zero attached hydrogens (tertiary/aromatic N) is 2. The van der Waals surface area contributed by atoms with Crippen molar-refractivity contribution in [3.05, 3.63) is 118 Å². The van der Waals surface area contributed by atoms with Gasteiger partial charge in [-0.15, -0.1) is 0 Å². The van der Waals surface area contributed by atoms with Gasteiger partial charge in [-0.3, -0.25) is 0 Å². The molecule has 2 amide bonds. The Morgan fingerprint density at radius 2 is 1.81 bits per heavy atom. The van der Waals surface area contributed by atoms with Crippen molar-refractivity contribution in [2.24, 2.45) is 0 Å². The number of aryl methyl sites for hydroxylation is 1. The molecule has 0 spiro atoms. The fourth-order valence-corrected chi connectivity index (χ4v) is 4.79. The number of amides is 2. The Balaban J connectivity index is 1.62. The minimum absolute atomic E-state index is 0.128. The van der Waals surface area contributed by atoms with Crippen molar-refractivity contribution in [2.75, 3.05) is 5.32 Å². The number of para-hydroxylation sites is 1. The first-order valence-electron chi connectivity index (χ1n) is 10.8. The van der Waals surface area contributed by atoms with Crippen molar-refractivity contribution >= 4 is 27.6 Å². The summed E-state index contributed by atoms with van der Waals surface area (Å²) in [5.74, 6) is 0. The maximum absolute atomic E-state index is 13.7. The number of carbonyl (C=O) groups is 1. The van der Waals surface area contributed by atoms with Gasteiger partial charge in [-0.1, -0.05) is 71.4 Å². The van der Waals surface area contributed by atoms with E-state index in [9.17, 15) is 4.79 Å². The number of aromatic nitrogens is 1. The standard InChI is InChI=1S/C27H24BrN3O/c1-2-19-12-14-20(15-13-19)26-25-11-6-16-30(25)24-10-4-3-7-21(24)18-31(26)27(32)29-23-9-5-8-22(28)17-23/h3-17,26H,2,18H2,1H3,(H,29,32)/t26-/m0/s1. The molecule has 0 saturated carbocycles. The predicted molar refractivity (Wildman–Crippen MR) is 132 cm³/mol. The molecule has 4 aromatic rings. The molecule has 5 heteroatoms. The smallest absolute Gasteiger partial charge is 0.318 e. The van der Waals surface area contributed by atoms with Gasteiger partial charge in [0, 0.05) is 22.1 Å². The zero-order valence-electron chi connectivity index (χ0n) is 17.8. The van der Waals surface area contributed by atoms with E-state index in [1.54, 1.807) is 0 Å². The van der Waals surface area contributed by atoms with E-state index in [4.69, 9.17) is 0 Å². The van der Waals surface area contributed by atoms with Gasteiger partial charge < -0.3 is 14.8 Å². The number of hydrogen-bond donors (Lipinski definition) is 1. The summed E-state index contributed by atoms with van der Waals surface area (Å²) in [6.45, 7) is 2.66. The molecule has 0 aliphatic carbocycles. The van der Waals surface area contributed by atoms with Crippen LogP contribution in [0.3, 0.4) is 0 Å². The summed E-state index contributed by atoms with van der Waals surface area (Å²) in [6, 6.07) is 28.4. The second-order valence-electron chi connectivity index (χ2n) is 8.00. The molecule has 2 heterocycles. The van der Waals surface area contributed by atoms with Gasteiger partial charge in [-0.05, 0) is 59.5 Å². The van der Waals surface area contributed by atoms with E-state index in [0.29, 0.717) is 6.54 Å². The summed E-state index contributed by atoms with van der Waals surface area (Å²) in [5, 5.41) is 3.10. The normalized spacial score (nSPS) is 14.9. The Hall–Kier alpha value is -3.31. The summed E-state index contributed by atoms with van der Waals surface area (Å²) >= 11 is 3.49. The van der Waals surface area contributed by atoms with E-state index in [0.717, 1.165) is 39.1 Å². The fraction of sp³-hybridized carbons (Fsp3) is 0.148. The highest BCUT2D eigenvalue weighted by molar-refractivity contribution is 9.10. The fourth-order valence-electron chi connectivity index (χ4n) is 4.39. The number of hydrogen-bond acceptors (Lipinski definition) is 1. The Morgan fingerprint density at radius 1 is 1.00 bits per heavy atom. The van der Waals surface area contributed by atoms with Crippen molar-refractivity contribution in [1.82, 2.24) is 9.47 Å². The summed E-state index contributed by atoms with van der Waals surface area (Å²) in [6.07, 6.45) is 3.07. The SMILES string of the molecule is CCc1ccc([C@H]2c3cccn3-c3ccccc3CN2C(=O)Nc2cccc(Br)c2)cc1. The van der Waals surface area contributed by atoms with Crippen LogP contribution in [0.25, 0.3) is 5.69 Å². The van der Waals surface area contributed by atoms with Crippen LogP contribution in [0, 0.1) is 0 Å². The Labute approximate surface area is 196 Å². The van der Waals surface area contributed by atoms with Crippen molar-refractivity contribution in [3.63, 3.8) is 0 Å². The molecule has 160 valence electrons. The minimum Gasteiger partial charge on any atom is -0.318 e. The van der Waals surface area contributed by atoms with Crippen molar-refractivity contribution in [3.8, 4) is 5.69 Å². The van der Waals surface area contributed by atoms with Crippen molar-refractivity contribution < 1.29 is 4.79 Å². The van der Waals surface area contributed by atoms with Crippen molar-refractivity contribution in [1.29, 1.82) is 0 Å². The number of halogens is 1. The second-order valence-corrected chi connectivity index (χ2v) is 8.91. The van der Waals surface area contributed by atoms with E-state index < -0.39 is 0 Å². The summed E-state index contributed by atoms with van der Waals surface area (Å²) in [5.41, 5.74) is 6.44. The van der Waals surface area contributed by atoms with E-state index in [1.807, 2.05) is 41.3 Å². The Morgan fingerprint density at radius 3 is 2.59 bits per heavy atom. The average molecular weight is 486 g/mol. The third kappa shape index (κ3) is 3.84. The molecule has 0 fully saturated rings. The molecule has 5 rings (SSSR count). The number of benzene rings is 3. The predicted octanol–water partition coefficient (Wildman–Crippen LogP) is 6.94. The van der Waals surface area contributed by atoms with Crippen LogP contribution in [0.15, 0.2) is 95.6 Å². The maximum Gasteiger partial charge on any atom is 0.322 e. The van der Waals surface area contributed by atoms with Crippen LogP contribution in [0.5, 0.6) is 0 Å². The lowest BCUT2D eigenvalue weighted by atomic mass is 10.00. The van der Waals surface area contributed by atoms with E-state index in [2.05, 4.69) is 87.5 Å². The lowest BCUT2D eigenvalue weighted by Crippen LogP contribution is -2.37. The molecule has 0 bridgehead atoms. The first kappa shape index (κ1) is 20.6. The molecule has 0 saturated heterocycles. The van der Waals surface area contributed by atoms with Gasteiger partial charge >= 0.3 is 6.03 Å². The van der Waals surface area contributed by atoms with Gasteiger partial charge in [0.2, 0.25) is 0 Å². The van der Waals surface area contributed by atoms with Gasteiger partial charge in [0.1, 0.15) is 0 Å². The van der Waals surface area contributed by atoms with Crippen LogP contribution in [0.2, 0.25) is 0 Å². The number of carbonyl (C=O) groups excluding carboxylic acids is 1. The second kappa shape index (κ2) is 8.67. The first-order valence-corrected chi connectivity index (χ1v) is 11.6. The lowest BCUT2D eigenvalue weighted by molar-refractivity contribution is 0.194. The molecule has 0 unspecified atom stereocenters. The van der Waals surface area contributed by atoms with Crippen LogP contribution in [0.4, 0.5) is 10.5 Å². The quantitative estimate of drug-likeness (QED) is 0.335. The Bertz CT molecular complexity index is 1260. The van der Waals surface area contributed by atoms with Crippen LogP contribution < -0.4 is 5.32 Å². The third-order valence-corrected chi connectivity index (χ3v) is 6.50. The molecule has 0 radical (unpaired) electrons. The summed E-state index contributed by atoms with van der Waals surface area (Å²) in [7, 11) is 0. The number of fused-ring (bicyclic) bond motifs is 3. The molecular weight excluding hydrogens is 462 g/mol. The lowest BCUT2D eigenvalue weighted by Gasteiger charge is -2.31. The monoisotopic (exact) mass is 485 g/mol. The molecular formula is C27H24BrN3O. The highest BCUT2D eigenvalue weighted by atomic mass is 79.9. The number of nitrogens with one attached hydrogen (secondary N) is 1. The topological polar surface area (TPSA) is 37.3 Å². The number of rotatable bonds is 3. The van der Waals surface area contributed by atoms with Gasteiger partial charge in [-0.25, -0.2) is 4.79 Å². The van der Waals surface area contributed by atoms with E-state index in [-0.39, 0.29) is 12.1 Å². The first-order chi connectivity index (χ1) is 15.6. The van der Waals surface area contributed by atoms with Crippen molar-refractivity contribution in [2.45, 2.75) is 25.9 Å². The third-order valence-electron chi connectivity index (χ3n) is 6.00. The molecule has 4 nitrogen and oxygen atoms in total. The maximum atomic E-state index is 13.7. The average Bonchev–Trinajstić information content (AvgIpc) is 3.23.